The Morgan fingerprint density at radius 3 is 2.02 bits per heavy atom. The molecule has 0 aliphatic heterocycles. The van der Waals surface area contributed by atoms with Crippen LogP contribution in [0.15, 0.2) is 133 Å². The number of hydrogen-bond acceptors (Lipinski definition) is 5. The number of nitrogens with one attached hydrogen (secondary N) is 1. The predicted octanol–water partition coefficient (Wildman–Crippen LogP) is 5.71. The number of carbonyl (C=O) groups is 3. The largest absolute Gasteiger partial charge is 0.478 e. The highest BCUT2D eigenvalue weighted by Gasteiger charge is 2.26. The van der Waals surface area contributed by atoms with Gasteiger partial charge in [0.15, 0.2) is 0 Å². The zero-order chi connectivity index (χ0) is 30.2. The molecule has 4 aromatic rings. The molecule has 8 nitrogen and oxygen atoms in total. The van der Waals surface area contributed by atoms with E-state index >= 15 is 0 Å². The molecular formula is C35H30N2O6. The van der Waals surface area contributed by atoms with E-state index in [1.807, 2.05) is 54.6 Å². The first kappa shape index (κ1) is 29.0. The standard InChI is InChI=1S/C35H30N2O6/c38-32-20-17-28(21-31(32)35(41)42)37(34(40)27-7-3-1-4-8-27)23-25-11-15-26(16-12-25)33(39)36-22-24-13-18-30(19-14-24)43-29-9-5-2-6-10-29/h1-19,21,32,38H,20,22-23H2,(H,36,39)(H,41,42). The van der Waals surface area contributed by atoms with Crippen LogP contribution in [0, 0.1) is 0 Å². The lowest BCUT2D eigenvalue weighted by Crippen LogP contribution is -2.32. The molecule has 0 bridgehead atoms. The van der Waals surface area contributed by atoms with Crippen LogP contribution in [-0.2, 0) is 17.9 Å². The number of rotatable bonds is 10. The van der Waals surface area contributed by atoms with Gasteiger partial charge >= 0.3 is 5.97 Å². The average Bonchev–Trinajstić information content (AvgIpc) is 3.04. The molecule has 0 heterocycles. The Kier molecular flexibility index (Phi) is 9.09. The smallest absolute Gasteiger partial charge is 0.334 e. The van der Waals surface area contributed by atoms with Gasteiger partial charge in [0.1, 0.15) is 11.5 Å². The summed E-state index contributed by atoms with van der Waals surface area (Å²) in [6.07, 6.45) is 1.92. The Morgan fingerprint density at radius 1 is 0.767 bits per heavy atom. The zero-order valence-corrected chi connectivity index (χ0v) is 23.2. The van der Waals surface area contributed by atoms with Crippen LogP contribution in [0.1, 0.15) is 38.3 Å². The van der Waals surface area contributed by atoms with Crippen LogP contribution in [0.4, 0.5) is 0 Å². The molecule has 0 aromatic heterocycles. The molecule has 8 heteroatoms. The normalized spacial score (nSPS) is 14.2. The second-order valence-electron chi connectivity index (χ2n) is 9.98. The number of aliphatic carboxylic acids is 1. The van der Waals surface area contributed by atoms with E-state index in [2.05, 4.69) is 5.32 Å². The SMILES string of the molecule is O=C(O)C1=CC(N(Cc2ccc(C(=O)NCc3ccc(Oc4ccccc4)cc3)cc2)C(=O)c2ccccc2)=CCC1O. The highest BCUT2D eigenvalue weighted by atomic mass is 16.5. The number of amides is 2. The zero-order valence-electron chi connectivity index (χ0n) is 23.2. The minimum absolute atomic E-state index is 0.0773. The van der Waals surface area contributed by atoms with Crippen LogP contribution >= 0.6 is 0 Å². The molecule has 0 spiro atoms. The third-order valence-electron chi connectivity index (χ3n) is 6.95. The summed E-state index contributed by atoms with van der Waals surface area (Å²) in [5.74, 6) is -0.351. The van der Waals surface area contributed by atoms with E-state index in [0.717, 1.165) is 16.9 Å². The Balaban J connectivity index is 1.24. The summed E-state index contributed by atoms with van der Waals surface area (Å²) in [5.41, 5.74) is 2.77. The maximum Gasteiger partial charge on any atom is 0.334 e. The van der Waals surface area contributed by atoms with Gasteiger partial charge in [-0.25, -0.2) is 4.79 Å². The lowest BCUT2D eigenvalue weighted by atomic mass is 9.98. The molecule has 1 aliphatic rings. The monoisotopic (exact) mass is 574 g/mol. The molecule has 0 fully saturated rings. The van der Waals surface area contributed by atoms with Crippen LogP contribution in [0.3, 0.4) is 0 Å². The molecule has 0 saturated heterocycles. The minimum Gasteiger partial charge on any atom is -0.478 e. The summed E-state index contributed by atoms with van der Waals surface area (Å²) in [6, 6.07) is 32.5. The van der Waals surface area contributed by atoms with Crippen molar-refractivity contribution in [3.63, 3.8) is 0 Å². The van der Waals surface area contributed by atoms with Gasteiger partial charge in [-0.1, -0.05) is 66.7 Å². The Hall–Kier alpha value is -5.47. The summed E-state index contributed by atoms with van der Waals surface area (Å²) in [7, 11) is 0. The quantitative estimate of drug-likeness (QED) is 0.223. The van der Waals surface area contributed by atoms with E-state index in [9.17, 15) is 24.6 Å². The lowest BCUT2D eigenvalue weighted by Gasteiger charge is -2.27. The van der Waals surface area contributed by atoms with Crippen LogP contribution in [0.5, 0.6) is 11.5 Å². The van der Waals surface area contributed by atoms with Crippen molar-refractivity contribution in [1.82, 2.24) is 10.2 Å². The third kappa shape index (κ3) is 7.44. The van der Waals surface area contributed by atoms with Gasteiger partial charge in [0.2, 0.25) is 0 Å². The molecule has 2 amide bonds. The van der Waals surface area contributed by atoms with Gasteiger partial charge in [0.05, 0.1) is 18.2 Å². The van der Waals surface area contributed by atoms with Crippen molar-refractivity contribution >= 4 is 17.8 Å². The topological polar surface area (TPSA) is 116 Å². The first-order valence-corrected chi connectivity index (χ1v) is 13.8. The molecule has 0 saturated carbocycles. The number of para-hydroxylation sites is 1. The fourth-order valence-corrected chi connectivity index (χ4v) is 4.61. The number of nitrogens with zero attached hydrogens (tertiary/aromatic N) is 1. The van der Waals surface area contributed by atoms with Gasteiger partial charge in [0.25, 0.3) is 11.8 Å². The van der Waals surface area contributed by atoms with Crippen molar-refractivity contribution in [1.29, 1.82) is 0 Å². The molecule has 1 aliphatic carbocycles. The summed E-state index contributed by atoms with van der Waals surface area (Å²) < 4.78 is 5.81. The lowest BCUT2D eigenvalue weighted by molar-refractivity contribution is -0.133. The first-order valence-electron chi connectivity index (χ1n) is 13.8. The number of benzene rings is 4. The number of aliphatic hydroxyl groups excluding tert-OH is 1. The molecule has 0 radical (unpaired) electrons. The number of carbonyl (C=O) groups excluding carboxylic acids is 2. The summed E-state index contributed by atoms with van der Waals surface area (Å²) in [5, 5.41) is 22.5. The number of carboxylic acids is 1. The number of aliphatic hydroxyl groups is 1. The van der Waals surface area contributed by atoms with Gasteiger partial charge in [-0.2, -0.15) is 0 Å². The van der Waals surface area contributed by atoms with Crippen molar-refractivity contribution in [2.24, 2.45) is 0 Å². The minimum atomic E-state index is -1.24. The maximum absolute atomic E-state index is 13.5. The number of hydrogen-bond donors (Lipinski definition) is 3. The second-order valence-corrected chi connectivity index (χ2v) is 9.98. The molecule has 43 heavy (non-hydrogen) atoms. The van der Waals surface area contributed by atoms with Gasteiger partial charge < -0.3 is 25.2 Å². The Morgan fingerprint density at radius 2 is 1.37 bits per heavy atom. The van der Waals surface area contributed by atoms with E-state index in [0.29, 0.717) is 29.1 Å². The van der Waals surface area contributed by atoms with Crippen LogP contribution in [-0.4, -0.2) is 39.0 Å². The van der Waals surface area contributed by atoms with Gasteiger partial charge in [-0.15, -0.1) is 0 Å². The highest BCUT2D eigenvalue weighted by Crippen LogP contribution is 2.25. The van der Waals surface area contributed by atoms with Crippen molar-refractivity contribution in [2.75, 3.05) is 0 Å². The van der Waals surface area contributed by atoms with Crippen LogP contribution in [0.2, 0.25) is 0 Å². The van der Waals surface area contributed by atoms with E-state index in [1.165, 1.54) is 11.0 Å². The Labute approximate surface area is 249 Å². The molecule has 1 unspecified atom stereocenters. The van der Waals surface area contributed by atoms with Crippen LogP contribution in [0.25, 0.3) is 0 Å². The second kappa shape index (κ2) is 13.5. The Bertz CT molecular complexity index is 1650. The number of carboxylic acid groups (broad SMARTS) is 1. The summed E-state index contributed by atoms with van der Waals surface area (Å²) >= 11 is 0. The van der Waals surface area contributed by atoms with E-state index in [-0.39, 0.29) is 30.4 Å². The first-order chi connectivity index (χ1) is 20.9. The summed E-state index contributed by atoms with van der Waals surface area (Å²) in [6.45, 7) is 0.474. The van der Waals surface area contributed by atoms with Crippen molar-refractivity contribution in [3.05, 3.63) is 155 Å². The number of ether oxygens (including phenoxy) is 1. The predicted molar refractivity (Wildman–Crippen MR) is 161 cm³/mol. The van der Waals surface area contributed by atoms with Crippen molar-refractivity contribution in [2.45, 2.75) is 25.6 Å². The fraction of sp³-hybridized carbons (Fsp3) is 0.114. The van der Waals surface area contributed by atoms with E-state index in [4.69, 9.17) is 4.74 Å². The molecule has 216 valence electrons. The molecule has 5 rings (SSSR count). The van der Waals surface area contributed by atoms with Crippen LogP contribution < -0.4 is 10.1 Å². The van der Waals surface area contributed by atoms with Gasteiger partial charge in [0, 0.05) is 23.4 Å². The molecule has 3 N–H and O–H groups in total. The molecule has 1 atom stereocenters. The maximum atomic E-state index is 13.5. The van der Waals surface area contributed by atoms with Gasteiger partial charge in [-0.3, -0.25) is 9.59 Å². The van der Waals surface area contributed by atoms with E-state index in [1.54, 1.807) is 60.7 Å². The van der Waals surface area contributed by atoms with Gasteiger partial charge in [-0.05, 0) is 72.2 Å². The third-order valence-corrected chi connectivity index (χ3v) is 6.95. The highest BCUT2D eigenvalue weighted by molar-refractivity contribution is 5.96. The molecular weight excluding hydrogens is 544 g/mol. The average molecular weight is 575 g/mol. The fourth-order valence-electron chi connectivity index (χ4n) is 4.61. The molecule has 4 aromatic carbocycles. The van der Waals surface area contributed by atoms with Crippen molar-refractivity contribution < 1.29 is 29.3 Å². The summed E-state index contributed by atoms with van der Waals surface area (Å²) in [4.78, 5) is 39.5. The number of allylic oxidation sites excluding steroid dienone is 1. The van der Waals surface area contributed by atoms with Crippen molar-refractivity contribution in [3.8, 4) is 11.5 Å². The van der Waals surface area contributed by atoms with E-state index < -0.39 is 12.1 Å².